The maximum atomic E-state index is 11.7. The van der Waals surface area contributed by atoms with E-state index in [1.165, 1.54) is 0 Å². The maximum absolute atomic E-state index is 11.7. The van der Waals surface area contributed by atoms with Gasteiger partial charge in [0, 0.05) is 12.1 Å². The van der Waals surface area contributed by atoms with Crippen molar-refractivity contribution in [2.75, 3.05) is 0 Å². The first-order chi connectivity index (χ1) is 8.97. The molecular formula is C12H14N2O5. The highest BCUT2D eigenvalue weighted by molar-refractivity contribution is 5.97. The smallest absolute Gasteiger partial charge is 0.338 e. The van der Waals surface area contributed by atoms with Gasteiger partial charge in [0.05, 0.1) is 5.56 Å². The molecule has 3 N–H and O–H groups in total. The van der Waals surface area contributed by atoms with Crippen LogP contribution in [-0.2, 0) is 4.79 Å². The third kappa shape index (κ3) is 3.34. The van der Waals surface area contributed by atoms with Crippen molar-refractivity contribution in [3.63, 3.8) is 0 Å². The summed E-state index contributed by atoms with van der Waals surface area (Å²) in [5.74, 6) is -2.20. The van der Waals surface area contributed by atoms with Gasteiger partial charge in [-0.3, -0.25) is 9.59 Å². The molecule has 1 aliphatic carbocycles. The lowest BCUT2D eigenvalue weighted by Crippen LogP contribution is -2.45. The van der Waals surface area contributed by atoms with E-state index in [1.54, 1.807) is 6.92 Å². The molecule has 1 fully saturated rings. The van der Waals surface area contributed by atoms with Gasteiger partial charge in [0.1, 0.15) is 12.3 Å². The number of rotatable bonds is 5. The van der Waals surface area contributed by atoms with Crippen LogP contribution in [0, 0.1) is 0 Å². The number of hydrogen-bond acceptors (Lipinski definition) is 4. The molecule has 19 heavy (non-hydrogen) atoms. The van der Waals surface area contributed by atoms with E-state index < -0.39 is 17.9 Å². The third-order valence-electron chi connectivity index (χ3n) is 2.73. The predicted octanol–water partition coefficient (Wildman–Crippen LogP) is 0.375. The van der Waals surface area contributed by atoms with Crippen molar-refractivity contribution in [1.82, 2.24) is 10.6 Å². The molecule has 1 atom stereocenters. The van der Waals surface area contributed by atoms with Crippen molar-refractivity contribution < 1.29 is 23.9 Å². The Morgan fingerprint density at radius 3 is 2.63 bits per heavy atom. The molecule has 2 amide bonds. The number of aromatic carboxylic acids is 1. The van der Waals surface area contributed by atoms with Crippen molar-refractivity contribution in [3.8, 4) is 0 Å². The lowest BCUT2D eigenvalue weighted by Gasteiger charge is -2.12. The zero-order valence-electron chi connectivity index (χ0n) is 10.3. The summed E-state index contributed by atoms with van der Waals surface area (Å²) in [4.78, 5) is 34.0. The summed E-state index contributed by atoms with van der Waals surface area (Å²) in [6.45, 7) is 1.55. The van der Waals surface area contributed by atoms with Gasteiger partial charge in [0.25, 0.3) is 5.91 Å². The first-order valence-corrected chi connectivity index (χ1v) is 5.90. The first kappa shape index (κ1) is 13.1. The second-order valence-corrected chi connectivity index (χ2v) is 4.48. The standard InChI is InChI=1S/C12H14N2O5/c1-6(10(15)14-8-2-3-8)13-11(16)9-4-7(5-19-9)12(17)18/h4-6,8H,2-3H2,1H3,(H,13,16)(H,14,15)(H,17,18). The van der Waals surface area contributed by atoms with E-state index in [-0.39, 0.29) is 23.3 Å². The van der Waals surface area contributed by atoms with Crippen LogP contribution in [0.2, 0.25) is 0 Å². The Balaban J connectivity index is 1.91. The van der Waals surface area contributed by atoms with Gasteiger partial charge in [0.15, 0.2) is 5.76 Å². The molecule has 0 bridgehead atoms. The number of carboxylic acids is 1. The van der Waals surface area contributed by atoms with Crippen molar-refractivity contribution in [1.29, 1.82) is 0 Å². The van der Waals surface area contributed by atoms with E-state index in [4.69, 9.17) is 9.52 Å². The van der Waals surface area contributed by atoms with Crippen molar-refractivity contribution in [2.45, 2.75) is 31.8 Å². The average molecular weight is 266 g/mol. The summed E-state index contributed by atoms with van der Waals surface area (Å²) >= 11 is 0. The lowest BCUT2D eigenvalue weighted by molar-refractivity contribution is -0.122. The second kappa shape index (κ2) is 5.13. The average Bonchev–Trinajstić information content (AvgIpc) is 3.01. The van der Waals surface area contributed by atoms with Gasteiger partial charge in [-0.05, 0) is 19.8 Å². The predicted molar refractivity (Wildman–Crippen MR) is 63.8 cm³/mol. The molecule has 1 aliphatic rings. The Morgan fingerprint density at radius 2 is 2.11 bits per heavy atom. The Morgan fingerprint density at radius 1 is 1.42 bits per heavy atom. The molecule has 0 saturated heterocycles. The fourth-order valence-electron chi connectivity index (χ4n) is 1.45. The molecule has 0 aliphatic heterocycles. The van der Waals surface area contributed by atoms with Gasteiger partial charge in [-0.2, -0.15) is 0 Å². The molecule has 1 aromatic rings. The number of furan rings is 1. The van der Waals surface area contributed by atoms with Gasteiger partial charge in [-0.1, -0.05) is 0 Å². The summed E-state index contributed by atoms with van der Waals surface area (Å²) in [5, 5.41) is 13.9. The van der Waals surface area contributed by atoms with Crippen LogP contribution in [0.4, 0.5) is 0 Å². The van der Waals surface area contributed by atoms with Gasteiger partial charge < -0.3 is 20.2 Å². The minimum absolute atomic E-state index is 0.111. The van der Waals surface area contributed by atoms with Crippen LogP contribution >= 0.6 is 0 Å². The Bertz CT molecular complexity index is 518. The topological polar surface area (TPSA) is 109 Å². The van der Waals surface area contributed by atoms with Crippen molar-refractivity contribution in [3.05, 3.63) is 23.7 Å². The van der Waals surface area contributed by atoms with Gasteiger partial charge >= 0.3 is 5.97 Å². The number of carbonyl (C=O) groups is 3. The fraction of sp³-hybridized carbons (Fsp3) is 0.417. The quantitative estimate of drug-likeness (QED) is 0.713. The molecule has 0 radical (unpaired) electrons. The van der Waals surface area contributed by atoms with Crippen LogP contribution in [0.5, 0.6) is 0 Å². The Hall–Kier alpha value is -2.31. The summed E-state index contributed by atoms with van der Waals surface area (Å²) in [6.07, 6.45) is 2.91. The number of nitrogens with one attached hydrogen (secondary N) is 2. The summed E-state index contributed by atoms with van der Waals surface area (Å²) in [5.41, 5.74) is -0.111. The minimum atomic E-state index is -1.18. The number of amides is 2. The molecule has 2 rings (SSSR count). The monoisotopic (exact) mass is 266 g/mol. The number of hydrogen-bond donors (Lipinski definition) is 3. The van der Waals surface area contributed by atoms with Gasteiger partial charge in [0.2, 0.25) is 5.91 Å². The van der Waals surface area contributed by atoms with Crippen LogP contribution in [0.15, 0.2) is 16.7 Å². The molecule has 1 unspecified atom stereocenters. The molecular weight excluding hydrogens is 252 g/mol. The molecule has 0 spiro atoms. The first-order valence-electron chi connectivity index (χ1n) is 5.90. The lowest BCUT2D eigenvalue weighted by atomic mass is 10.2. The van der Waals surface area contributed by atoms with Crippen LogP contribution in [0.25, 0.3) is 0 Å². The molecule has 7 nitrogen and oxygen atoms in total. The molecule has 0 aromatic carbocycles. The zero-order chi connectivity index (χ0) is 14.0. The maximum Gasteiger partial charge on any atom is 0.338 e. The van der Waals surface area contributed by atoms with E-state index in [9.17, 15) is 14.4 Å². The van der Waals surface area contributed by atoms with E-state index in [0.29, 0.717) is 0 Å². The van der Waals surface area contributed by atoms with Crippen molar-refractivity contribution in [2.24, 2.45) is 0 Å². The Labute approximate surface area is 109 Å². The van der Waals surface area contributed by atoms with E-state index in [1.807, 2.05) is 0 Å². The zero-order valence-corrected chi connectivity index (χ0v) is 10.3. The highest BCUT2D eigenvalue weighted by Gasteiger charge is 2.27. The summed E-state index contributed by atoms with van der Waals surface area (Å²) in [7, 11) is 0. The van der Waals surface area contributed by atoms with Crippen LogP contribution < -0.4 is 10.6 Å². The van der Waals surface area contributed by atoms with Crippen molar-refractivity contribution >= 4 is 17.8 Å². The normalized spacial score (nSPS) is 15.6. The SMILES string of the molecule is CC(NC(=O)c1cc(C(=O)O)co1)C(=O)NC1CC1. The van der Waals surface area contributed by atoms with E-state index >= 15 is 0 Å². The second-order valence-electron chi connectivity index (χ2n) is 4.48. The van der Waals surface area contributed by atoms with Gasteiger partial charge in [-0.15, -0.1) is 0 Å². The number of carboxylic acid groups (broad SMARTS) is 1. The summed E-state index contributed by atoms with van der Waals surface area (Å²) in [6, 6.07) is 0.629. The van der Waals surface area contributed by atoms with E-state index in [0.717, 1.165) is 25.2 Å². The highest BCUT2D eigenvalue weighted by Crippen LogP contribution is 2.18. The Kier molecular flexibility index (Phi) is 3.55. The molecule has 1 saturated carbocycles. The largest absolute Gasteiger partial charge is 0.478 e. The van der Waals surface area contributed by atoms with Crippen LogP contribution in [-0.4, -0.2) is 35.0 Å². The van der Waals surface area contributed by atoms with Gasteiger partial charge in [-0.25, -0.2) is 4.79 Å². The molecule has 1 aromatic heterocycles. The minimum Gasteiger partial charge on any atom is -0.478 e. The molecule has 102 valence electrons. The third-order valence-corrected chi connectivity index (χ3v) is 2.73. The van der Waals surface area contributed by atoms with Crippen LogP contribution in [0.1, 0.15) is 40.7 Å². The van der Waals surface area contributed by atoms with Crippen LogP contribution in [0.3, 0.4) is 0 Å². The molecule has 7 heteroatoms. The number of carbonyl (C=O) groups excluding carboxylic acids is 2. The fourth-order valence-corrected chi connectivity index (χ4v) is 1.45. The highest BCUT2D eigenvalue weighted by atomic mass is 16.4. The summed E-state index contributed by atoms with van der Waals surface area (Å²) < 4.78 is 4.84. The molecule has 1 heterocycles. The van der Waals surface area contributed by atoms with E-state index in [2.05, 4.69) is 10.6 Å².